The number of amides is 1. The van der Waals surface area contributed by atoms with Crippen molar-refractivity contribution in [3.8, 4) is 0 Å². The molecule has 1 N–H and O–H groups in total. The van der Waals surface area contributed by atoms with Crippen LogP contribution < -0.4 is 5.32 Å². The lowest BCUT2D eigenvalue weighted by atomic mass is 10.3. The molecule has 0 radical (unpaired) electrons. The number of carbonyl (C=O) groups excluding carboxylic acids is 1. The van der Waals surface area contributed by atoms with Gasteiger partial charge in [0, 0.05) is 20.3 Å². The molecule has 0 aromatic carbocycles. The minimum Gasteiger partial charge on any atom is -0.422 e. The molecule has 4 heteroatoms. The van der Waals surface area contributed by atoms with Gasteiger partial charge in [-0.25, -0.2) is 4.79 Å². The fourth-order valence-corrected chi connectivity index (χ4v) is 0.856. The molecule has 0 aromatic rings. The third-order valence-corrected chi connectivity index (χ3v) is 1.54. The van der Waals surface area contributed by atoms with Crippen molar-refractivity contribution in [2.24, 2.45) is 0 Å². The highest BCUT2D eigenvalue weighted by Gasteiger charge is 2.13. The summed E-state index contributed by atoms with van der Waals surface area (Å²) >= 11 is 0. The molecule has 0 bridgehead atoms. The maximum absolute atomic E-state index is 10.8. The van der Waals surface area contributed by atoms with Gasteiger partial charge in [0.25, 0.3) is 0 Å². The van der Waals surface area contributed by atoms with Crippen molar-refractivity contribution in [1.29, 1.82) is 0 Å². The van der Waals surface area contributed by atoms with Crippen molar-refractivity contribution >= 4 is 6.09 Å². The van der Waals surface area contributed by atoms with Gasteiger partial charge in [-0.15, -0.1) is 0 Å². The second-order valence-corrected chi connectivity index (χ2v) is 2.44. The molecule has 0 saturated heterocycles. The van der Waals surface area contributed by atoms with Gasteiger partial charge < -0.3 is 15.0 Å². The molecule has 0 fully saturated rings. The van der Waals surface area contributed by atoms with Crippen molar-refractivity contribution in [1.82, 2.24) is 10.2 Å². The van der Waals surface area contributed by atoms with Crippen LogP contribution >= 0.6 is 0 Å². The number of allylic oxidation sites excluding steroid dienone is 2. The standard InChI is InChI=1S/C8H12N2O2/c1-9-8(11)12-7-5-3-4-6-10(7)2/h3-7H,1-2H3,(H,9,11). The van der Waals surface area contributed by atoms with E-state index in [-0.39, 0.29) is 6.23 Å². The van der Waals surface area contributed by atoms with Gasteiger partial charge in [0.05, 0.1) is 0 Å². The van der Waals surface area contributed by atoms with E-state index in [2.05, 4.69) is 5.32 Å². The van der Waals surface area contributed by atoms with Crippen molar-refractivity contribution in [2.45, 2.75) is 6.23 Å². The van der Waals surface area contributed by atoms with Crippen LogP contribution in [0.2, 0.25) is 0 Å². The van der Waals surface area contributed by atoms with E-state index >= 15 is 0 Å². The molecule has 1 amide bonds. The summed E-state index contributed by atoms with van der Waals surface area (Å²) in [5.74, 6) is 0. The van der Waals surface area contributed by atoms with E-state index in [1.54, 1.807) is 11.0 Å². The zero-order valence-electron chi connectivity index (χ0n) is 7.15. The molecule has 1 unspecified atom stereocenters. The van der Waals surface area contributed by atoms with Crippen molar-refractivity contribution in [3.63, 3.8) is 0 Å². The lowest BCUT2D eigenvalue weighted by Gasteiger charge is -2.25. The molecule has 4 nitrogen and oxygen atoms in total. The third kappa shape index (κ3) is 2.02. The fourth-order valence-electron chi connectivity index (χ4n) is 0.856. The van der Waals surface area contributed by atoms with Gasteiger partial charge in [-0.05, 0) is 12.2 Å². The summed E-state index contributed by atoms with van der Waals surface area (Å²) < 4.78 is 4.99. The zero-order valence-corrected chi connectivity index (χ0v) is 7.15. The van der Waals surface area contributed by atoms with E-state index < -0.39 is 6.09 Å². The van der Waals surface area contributed by atoms with Crippen LogP contribution in [0.1, 0.15) is 0 Å². The number of carbonyl (C=O) groups is 1. The Balaban J connectivity index is 2.47. The molecule has 1 heterocycles. The molecule has 1 rings (SSSR count). The first-order valence-electron chi connectivity index (χ1n) is 3.69. The summed E-state index contributed by atoms with van der Waals surface area (Å²) in [6.07, 6.45) is 6.64. The van der Waals surface area contributed by atoms with E-state index in [0.29, 0.717) is 0 Å². The zero-order chi connectivity index (χ0) is 8.97. The summed E-state index contributed by atoms with van der Waals surface area (Å²) in [7, 11) is 3.37. The monoisotopic (exact) mass is 168 g/mol. The normalized spacial score (nSPS) is 20.8. The molecular formula is C8H12N2O2. The minimum absolute atomic E-state index is 0.296. The molecule has 0 spiro atoms. The Labute approximate surface area is 71.5 Å². The Morgan fingerprint density at radius 1 is 1.58 bits per heavy atom. The van der Waals surface area contributed by atoms with E-state index in [4.69, 9.17) is 4.74 Å². The maximum Gasteiger partial charge on any atom is 0.409 e. The Bertz CT molecular complexity index is 223. The Kier molecular flexibility index (Phi) is 2.74. The van der Waals surface area contributed by atoms with Crippen LogP contribution in [0.15, 0.2) is 24.4 Å². The minimum atomic E-state index is -0.424. The average Bonchev–Trinajstić information content (AvgIpc) is 2.09. The van der Waals surface area contributed by atoms with E-state index in [1.807, 2.05) is 25.4 Å². The first kappa shape index (κ1) is 8.64. The number of ether oxygens (including phenoxy) is 1. The molecule has 1 atom stereocenters. The predicted octanol–water partition coefficient (Wildman–Crippen LogP) is 0.684. The summed E-state index contributed by atoms with van der Waals surface area (Å²) in [5, 5.41) is 2.39. The second kappa shape index (κ2) is 3.80. The van der Waals surface area contributed by atoms with Gasteiger partial charge in [-0.1, -0.05) is 6.08 Å². The number of likely N-dealkylation sites (N-methyl/N-ethyl adjacent to an activating group) is 1. The van der Waals surface area contributed by atoms with Crippen LogP contribution in [0.5, 0.6) is 0 Å². The number of hydrogen-bond donors (Lipinski definition) is 1. The summed E-state index contributed by atoms with van der Waals surface area (Å²) in [6.45, 7) is 0. The quantitative estimate of drug-likeness (QED) is 0.626. The molecule has 0 saturated carbocycles. The Morgan fingerprint density at radius 2 is 2.33 bits per heavy atom. The van der Waals surface area contributed by atoms with Crippen LogP contribution in [0.4, 0.5) is 4.79 Å². The summed E-state index contributed by atoms with van der Waals surface area (Å²) in [5.41, 5.74) is 0. The van der Waals surface area contributed by atoms with Gasteiger partial charge in [-0.3, -0.25) is 0 Å². The molecular weight excluding hydrogens is 156 g/mol. The summed E-state index contributed by atoms with van der Waals surface area (Å²) in [6, 6.07) is 0. The molecule has 0 aromatic heterocycles. The van der Waals surface area contributed by atoms with E-state index in [9.17, 15) is 4.79 Å². The van der Waals surface area contributed by atoms with Gasteiger partial charge >= 0.3 is 6.09 Å². The van der Waals surface area contributed by atoms with Crippen molar-refractivity contribution in [3.05, 3.63) is 24.4 Å². The number of hydrogen-bond acceptors (Lipinski definition) is 3. The van der Waals surface area contributed by atoms with Crippen molar-refractivity contribution in [2.75, 3.05) is 14.1 Å². The molecule has 12 heavy (non-hydrogen) atoms. The van der Waals surface area contributed by atoms with E-state index in [0.717, 1.165) is 0 Å². The lowest BCUT2D eigenvalue weighted by Crippen LogP contribution is -2.34. The topological polar surface area (TPSA) is 41.6 Å². The highest BCUT2D eigenvalue weighted by atomic mass is 16.6. The van der Waals surface area contributed by atoms with Gasteiger partial charge in [-0.2, -0.15) is 0 Å². The van der Waals surface area contributed by atoms with Gasteiger partial charge in [0.2, 0.25) is 0 Å². The van der Waals surface area contributed by atoms with Gasteiger partial charge in [0.15, 0.2) is 6.23 Å². The number of nitrogens with zero attached hydrogens (tertiary/aromatic N) is 1. The SMILES string of the molecule is CNC(=O)OC1C=CC=CN1C. The molecule has 66 valence electrons. The first-order valence-corrected chi connectivity index (χ1v) is 3.69. The van der Waals surface area contributed by atoms with Crippen LogP contribution in [0, 0.1) is 0 Å². The van der Waals surface area contributed by atoms with Crippen LogP contribution in [-0.2, 0) is 4.74 Å². The summed E-state index contributed by atoms with van der Waals surface area (Å²) in [4.78, 5) is 12.6. The molecule has 1 aliphatic heterocycles. The maximum atomic E-state index is 10.8. The fraction of sp³-hybridized carbons (Fsp3) is 0.375. The number of rotatable bonds is 1. The largest absolute Gasteiger partial charge is 0.422 e. The molecule has 1 aliphatic rings. The number of nitrogens with one attached hydrogen (secondary N) is 1. The smallest absolute Gasteiger partial charge is 0.409 e. The Morgan fingerprint density at radius 3 is 2.92 bits per heavy atom. The van der Waals surface area contributed by atoms with Crippen molar-refractivity contribution < 1.29 is 9.53 Å². The predicted molar refractivity (Wildman–Crippen MR) is 45.4 cm³/mol. The first-order chi connectivity index (χ1) is 5.74. The highest BCUT2D eigenvalue weighted by molar-refractivity contribution is 5.67. The van der Waals surface area contributed by atoms with Crippen LogP contribution in [-0.4, -0.2) is 31.3 Å². The Hall–Kier alpha value is -1.45. The van der Waals surface area contributed by atoms with Crippen LogP contribution in [0.3, 0.4) is 0 Å². The third-order valence-electron chi connectivity index (χ3n) is 1.54. The van der Waals surface area contributed by atoms with E-state index in [1.165, 1.54) is 7.05 Å². The average molecular weight is 168 g/mol. The second-order valence-electron chi connectivity index (χ2n) is 2.44. The lowest BCUT2D eigenvalue weighted by molar-refractivity contribution is 0.0564. The van der Waals surface area contributed by atoms with Crippen LogP contribution in [0.25, 0.3) is 0 Å². The van der Waals surface area contributed by atoms with Gasteiger partial charge in [0.1, 0.15) is 0 Å². The molecule has 0 aliphatic carbocycles. The highest BCUT2D eigenvalue weighted by Crippen LogP contribution is 2.06. The number of alkyl carbamates (subject to hydrolysis) is 1.